The van der Waals surface area contributed by atoms with Gasteiger partial charge in [0.2, 0.25) is 5.91 Å². The molecular formula is C17H25N3O3S. The molecule has 0 aromatic carbocycles. The van der Waals surface area contributed by atoms with Gasteiger partial charge in [-0.05, 0) is 25.0 Å². The summed E-state index contributed by atoms with van der Waals surface area (Å²) in [6, 6.07) is 3.92. The molecule has 1 aromatic heterocycles. The van der Waals surface area contributed by atoms with Gasteiger partial charge in [-0.15, -0.1) is 11.8 Å². The number of hydrogen-bond acceptors (Lipinski definition) is 6. The fourth-order valence-corrected chi connectivity index (χ4v) is 3.46. The fraction of sp³-hybridized carbons (Fsp3) is 0.588. The van der Waals surface area contributed by atoms with E-state index >= 15 is 0 Å². The molecule has 7 heteroatoms. The third kappa shape index (κ3) is 6.49. The SMILES string of the molecule is CCOC(=O)CN1CCCN(C(=O)CSCc2cccnc2)CC1. The maximum atomic E-state index is 12.4. The predicted molar refractivity (Wildman–Crippen MR) is 94.7 cm³/mol. The second-order valence-corrected chi connectivity index (χ2v) is 6.66. The van der Waals surface area contributed by atoms with Gasteiger partial charge in [-0.3, -0.25) is 19.5 Å². The number of pyridine rings is 1. The van der Waals surface area contributed by atoms with E-state index in [1.165, 1.54) is 0 Å². The summed E-state index contributed by atoms with van der Waals surface area (Å²) in [4.78, 5) is 32.0. The Morgan fingerprint density at radius 1 is 1.29 bits per heavy atom. The monoisotopic (exact) mass is 351 g/mol. The maximum Gasteiger partial charge on any atom is 0.320 e. The van der Waals surface area contributed by atoms with E-state index in [0.717, 1.165) is 37.4 Å². The zero-order valence-electron chi connectivity index (χ0n) is 14.1. The number of carbonyl (C=O) groups is 2. The first-order valence-electron chi connectivity index (χ1n) is 8.31. The van der Waals surface area contributed by atoms with Crippen molar-refractivity contribution in [3.63, 3.8) is 0 Å². The second-order valence-electron chi connectivity index (χ2n) is 5.67. The molecule has 0 saturated carbocycles. The summed E-state index contributed by atoms with van der Waals surface area (Å²) in [7, 11) is 0. The summed E-state index contributed by atoms with van der Waals surface area (Å²) in [6.45, 7) is 5.50. The second kappa shape index (κ2) is 10.3. The molecule has 1 saturated heterocycles. The molecule has 1 aromatic rings. The van der Waals surface area contributed by atoms with Crippen molar-refractivity contribution in [3.8, 4) is 0 Å². The topological polar surface area (TPSA) is 62.7 Å². The highest BCUT2D eigenvalue weighted by Crippen LogP contribution is 2.13. The molecule has 1 amide bonds. The van der Waals surface area contributed by atoms with Crippen molar-refractivity contribution in [2.24, 2.45) is 0 Å². The molecule has 1 fully saturated rings. The molecule has 0 radical (unpaired) electrons. The highest BCUT2D eigenvalue weighted by Gasteiger charge is 2.20. The van der Waals surface area contributed by atoms with Gasteiger partial charge in [-0.25, -0.2) is 0 Å². The molecule has 24 heavy (non-hydrogen) atoms. The van der Waals surface area contributed by atoms with E-state index in [2.05, 4.69) is 9.88 Å². The van der Waals surface area contributed by atoms with Gasteiger partial charge < -0.3 is 9.64 Å². The van der Waals surface area contributed by atoms with Gasteiger partial charge in [0.05, 0.1) is 18.9 Å². The Morgan fingerprint density at radius 2 is 2.17 bits per heavy atom. The van der Waals surface area contributed by atoms with Gasteiger partial charge in [0.25, 0.3) is 0 Å². The van der Waals surface area contributed by atoms with Crippen LogP contribution in [0.5, 0.6) is 0 Å². The molecule has 0 atom stereocenters. The summed E-state index contributed by atoms with van der Waals surface area (Å²) in [5, 5.41) is 0. The van der Waals surface area contributed by atoms with Gasteiger partial charge in [0.1, 0.15) is 0 Å². The molecule has 0 N–H and O–H groups in total. The molecule has 6 nitrogen and oxygen atoms in total. The Labute approximate surface area is 147 Å². The predicted octanol–water partition coefficient (Wildman–Crippen LogP) is 1.41. The van der Waals surface area contributed by atoms with Gasteiger partial charge >= 0.3 is 5.97 Å². The van der Waals surface area contributed by atoms with Gasteiger partial charge in [-0.2, -0.15) is 0 Å². The molecule has 1 aliphatic heterocycles. The van der Waals surface area contributed by atoms with E-state index in [4.69, 9.17) is 4.74 Å². The van der Waals surface area contributed by atoms with Crippen LogP contribution in [0.2, 0.25) is 0 Å². The molecule has 0 spiro atoms. The van der Waals surface area contributed by atoms with Crippen molar-refractivity contribution in [2.45, 2.75) is 19.1 Å². The zero-order chi connectivity index (χ0) is 17.2. The van der Waals surface area contributed by atoms with Crippen LogP contribution >= 0.6 is 11.8 Å². The van der Waals surface area contributed by atoms with Crippen LogP contribution in [0.15, 0.2) is 24.5 Å². The van der Waals surface area contributed by atoms with E-state index in [0.29, 0.717) is 25.4 Å². The number of amides is 1. The summed E-state index contributed by atoms with van der Waals surface area (Å²) >= 11 is 1.61. The number of ether oxygens (including phenoxy) is 1. The van der Waals surface area contributed by atoms with Crippen LogP contribution in [0, 0.1) is 0 Å². The van der Waals surface area contributed by atoms with Crippen LogP contribution in [0.4, 0.5) is 0 Å². The molecule has 1 aliphatic rings. The number of esters is 1. The van der Waals surface area contributed by atoms with Crippen LogP contribution in [-0.2, 0) is 20.1 Å². The minimum absolute atomic E-state index is 0.168. The molecule has 132 valence electrons. The van der Waals surface area contributed by atoms with E-state index in [1.807, 2.05) is 30.2 Å². The van der Waals surface area contributed by atoms with Crippen molar-refractivity contribution in [2.75, 3.05) is 45.1 Å². The Hall–Kier alpha value is -1.60. The summed E-state index contributed by atoms with van der Waals surface area (Å²) in [6.07, 6.45) is 4.47. The number of thioether (sulfide) groups is 1. The number of nitrogens with zero attached hydrogens (tertiary/aromatic N) is 3. The fourth-order valence-electron chi connectivity index (χ4n) is 2.60. The maximum absolute atomic E-state index is 12.4. The average molecular weight is 351 g/mol. The lowest BCUT2D eigenvalue weighted by Gasteiger charge is -2.21. The third-order valence-electron chi connectivity index (χ3n) is 3.82. The lowest BCUT2D eigenvalue weighted by atomic mass is 10.3. The molecule has 2 heterocycles. The Bertz CT molecular complexity index is 527. The van der Waals surface area contributed by atoms with E-state index in [9.17, 15) is 9.59 Å². The molecule has 2 rings (SSSR count). The van der Waals surface area contributed by atoms with Gasteiger partial charge in [0, 0.05) is 44.3 Å². The minimum Gasteiger partial charge on any atom is -0.465 e. The van der Waals surface area contributed by atoms with E-state index in [1.54, 1.807) is 18.0 Å². The standard InChI is InChI=1S/C17H25N3O3S/c1-2-23-17(22)12-19-7-4-8-20(10-9-19)16(21)14-24-13-15-5-3-6-18-11-15/h3,5-6,11H,2,4,7-10,12-14H2,1H3. The van der Waals surface area contributed by atoms with Crippen molar-refractivity contribution in [3.05, 3.63) is 30.1 Å². The van der Waals surface area contributed by atoms with Crippen LogP contribution in [0.25, 0.3) is 0 Å². The number of aromatic nitrogens is 1. The Morgan fingerprint density at radius 3 is 2.92 bits per heavy atom. The van der Waals surface area contributed by atoms with Crippen LogP contribution in [0.1, 0.15) is 18.9 Å². The van der Waals surface area contributed by atoms with Crippen molar-refractivity contribution in [1.29, 1.82) is 0 Å². The molecule has 0 bridgehead atoms. The highest BCUT2D eigenvalue weighted by molar-refractivity contribution is 7.99. The minimum atomic E-state index is -0.190. The van der Waals surface area contributed by atoms with Gasteiger partial charge in [-0.1, -0.05) is 6.07 Å². The smallest absolute Gasteiger partial charge is 0.320 e. The molecular weight excluding hydrogens is 326 g/mol. The number of rotatable bonds is 7. The van der Waals surface area contributed by atoms with Crippen LogP contribution < -0.4 is 0 Å². The first-order chi connectivity index (χ1) is 11.7. The normalized spacial score (nSPS) is 15.8. The van der Waals surface area contributed by atoms with E-state index in [-0.39, 0.29) is 11.9 Å². The van der Waals surface area contributed by atoms with Crippen molar-refractivity contribution in [1.82, 2.24) is 14.8 Å². The lowest BCUT2D eigenvalue weighted by Crippen LogP contribution is -2.37. The third-order valence-corrected chi connectivity index (χ3v) is 4.80. The quantitative estimate of drug-likeness (QED) is 0.692. The van der Waals surface area contributed by atoms with Gasteiger partial charge in [0.15, 0.2) is 0 Å². The summed E-state index contributed by atoms with van der Waals surface area (Å²) in [5.74, 6) is 1.25. The lowest BCUT2D eigenvalue weighted by molar-refractivity contribution is -0.144. The zero-order valence-corrected chi connectivity index (χ0v) is 15.0. The molecule has 0 unspecified atom stereocenters. The number of hydrogen-bond donors (Lipinski definition) is 0. The largest absolute Gasteiger partial charge is 0.465 e. The summed E-state index contributed by atoms with van der Waals surface area (Å²) < 4.78 is 4.99. The summed E-state index contributed by atoms with van der Waals surface area (Å²) in [5.41, 5.74) is 1.13. The average Bonchev–Trinajstić information content (AvgIpc) is 2.81. The van der Waals surface area contributed by atoms with Crippen molar-refractivity contribution >= 4 is 23.6 Å². The first-order valence-corrected chi connectivity index (χ1v) is 9.47. The van der Waals surface area contributed by atoms with Crippen LogP contribution in [-0.4, -0.2) is 71.7 Å². The molecule has 0 aliphatic carbocycles. The van der Waals surface area contributed by atoms with Crippen molar-refractivity contribution < 1.29 is 14.3 Å². The highest BCUT2D eigenvalue weighted by atomic mass is 32.2. The van der Waals surface area contributed by atoms with Crippen LogP contribution in [0.3, 0.4) is 0 Å². The Kier molecular flexibility index (Phi) is 8.04. The number of carbonyl (C=O) groups excluding carboxylic acids is 2. The Balaban J connectivity index is 1.70. The first kappa shape index (κ1) is 18.7. The van der Waals surface area contributed by atoms with E-state index < -0.39 is 0 Å².